The molecule has 0 aliphatic rings. The Kier molecular flexibility index (Phi) is 6.32. The van der Waals surface area contributed by atoms with Gasteiger partial charge < -0.3 is 14.9 Å². The molecule has 0 bridgehead atoms. The van der Waals surface area contributed by atoms with Crippen LogP contribution in [0.3, 0.4) is 0 Å². The standard InChI is InChI=1S/C19H22O4/c1-2-23-19(22)16-10-6-9-15(13-16)18(17(21)11-12-20)14-7-4-3-5-8-14/h3-10,13,17-18,20-21H,2,11-12H2,1H3/t17-,18-/m0/s1. The lowest BCUT2D eigenvalue weighted by Crippen LogP contribution is -2.21. The van der Waals surface area contributed by atoms with Gasteiger partial charge in [-0.25, -0.2) is 4.79 Å². The maximum Gasteiger partial charge on any atom is 0.338 e. The van der Waals surface area contributed by atoms with Gasteiger partial charge in [-0.05, 0) is 36.6 Å². The van der Waals surface area contributed by atoms with Gasteiger partial charge >= 0.3 is 5.97 Å². The molecule has 0 aliphatic heterocycles. The summed E-state index contributed by atoms with van der Waals surface area (Å²) in [6.45, 7) is 1.99. The van der Waals surface area contributed by atoms with Crippen molar-refractivity contribution in [2.75, 3.05) is 13.2 Å². The average Bonchev–Trinajstić information content (AvgIpc) is 2.57. The first-order valence-electron chi connectivity index (χ1n) is 7.78. The lowest BCUT2D eigenvalue weighted by Gasteiger charge is -2.24. The molecule has 2 N–H and O–H groups in total. The maximum absolute atomic E-state index is 11.9. The van der Waals surface area contributed by atoms with Crippen LogP contribution in [0.25, 0.3) is 0 Å². The molecule has 4 nitrogen and oxygen atoms in total. The smallest absolute Gasteiger partial charge is 0.338 e. The molecular weight excluding hydrogens is 292 g/mol. The van der Waals surface area contributed by atoms with Crippen molar-refractivity contribution in [2.45, 2.75) is 25.4 Å². The van der Waals surface area contributed by atoms with E-state index in [1.807, 2.05) is 36.4 Å². The van der Waals surface area contributed by atoms with E-state index < -0.39 is 6.10 Å². The van der Waals surface area contributed by atoms with Crippen molar-refractivity contribution in [1.29, 1.82) is 0 Å². The summed E-state index contributed by atoms with van der Waals surface area (Å²) in [7, 11) is 0. The number of aliphatic hydroxyl groups excluding tert-OH is 2. The van der Waals surface area contributed by atoms with Crippen LogP contribution in [0.4, 0.5) is 0 Å². The van der Waals surface area contributed by atoms with Crippen molar-refractivity contribution >= 4 is 5.97 Å². The first kappa shape index (κ1) is 17.2. The van der Waals surface area contributed by atoms with Crippen LogP contribution in [0.15, 0.2) is 54.6 Å². The van der Waals surface area contributed by atoms with Gasteiger partial charge in [0.15, 0.2) is 0 Å². The number of hydrogen-bond acceptors (Lipinski definition) is 4. The number of benzene rings is 2. The summed E-state index contributed by atoms with van der Waals surface area (Å²) < 4.78 is 5.03. The second-order valence-corrected chi connectivity index (χ2v) is 5.31. The molecule has 0 amide bonds. The minimum Gasteiger partial charge on any atom is -0.462 e. The second kappa shape index (κ2) is 8.46. The predicted octanol–water partition coefficient (Wildman–Crippen LogP) is 2.74. The Morgan fingerprint density at radius 2 is 1.78 bits per heavy atom. The zero-order chi connectivity index (χ0) is 16.7. The molecule has 122 valence electrons. The number of ether oxygens (including phenoxy) is 1. The summed E-state index contributed by atoms with van der Waals surface area (Å²) in [6, 6.07) is 16.7. The summed E-state index contributed by atoms with van der Waals surface area (Å²) in [6.07, 6.45) is -0.469. The second-order valence-electron chi connectivity index (χ2n) is 5.31. The Hall–Kier alpha value is -2.17. The lowest BCUT2D eigenvalue weighted by atomic mass is 9.85. The Morgan fingerprint density at radius 1 is 1.09 bits per heavy atom. The predicted molar refractivity (Wildman–Crippen MR) is 88.4 cm³/mol. The highest BCUT2D eigenvalue weighted by molar-refractivity contribution is 5.89. The molecule has 0 spiro atoms. The highest BCUT2D eigenvalue weighted by Crippen LogP contribution is 2.30. The molecule has 0 saturated carbocycles. The van der Waals surface area contributed by atoms with Crippen molar-refractivity contribution in [3.63, 3.8) is 0 Å². The quantitative estimate of drug-likeness (QED) is 0.771. The summed E-state index contributed by atoms with van der Waals surface area (Å²) >= 11 is 0. The molecule has 0 fully saturated rings. The summed E-state index contributed by atoms with van der Waals surface area (Å²) in [5.74, 6) is -0.685. The van der Waals surface area contributed by atoms with Crippen molar-refractivity contribution < 1.29 is 19.7 Å². The Bertz CT molecular complexity index is 624. The van der Waals surface area contributed by atoms with E-state index in [0.29, 0.717) is 12.2 Å². The minimum atomic E-state index is -0.736. The van der Waals surface area contributed by atoms with Gasteiger partial charge in [-0.2, -0.15) is 0 Å². The molecular formula is C19H22O4. The van der Waals surface area contributed by atoms with E-state index in [1.54, 1.807) is 25.1 Å². The van der Waals surface area contributed by atoms with Crippen molar-refractivity contribution in [3.8, 4) is 0 Å². The zero-order valence-electron chi connectivity index (χ0n) is 13.2. The molecule has 23 heavy (non-hydrogen) atoms. The van der Waals surface area contributed by atoms with E-state index in [0.717, 1.165) is 11.1 Å². The highest BCUT2D eigenvalue weighted by Gasteiger charge is 2.23. The van der Waals surface area contributed by atoms with Crippen molar-refractivity contribution in [3.05, 3.63) is 71.3 Å². The average molecular weight is 314 g/mol. The van der Waals surface area contributed by atoms with E-state index in [4.69, 9.17) is 9.84 Å². The molecule has 0 aromatic heterocycles. The molecule has 0 saturated heterocycles. The van der Waals surface area contributed by atoms with Crippen molar-refractivity contribution in [2.24, 2.45) is 0 Å². The van der Waals surface area contributed by atoms with Gasteiger partial charge in [-0.3, -0.25) is 0 Å². The van der Waals surface area contributed by atoms with Crippen LogP contribution in [-0.4, -0.2) is 35.5 Å². The van der Waals surface area contributed by atoms with Crippen LogP contribution in [0.2, 0.25) is 0 Å². The van der Waals surface area contributed by atoms with Gasteiger partial charge in [-0.15, -0.1) is 0 Å². The number of carbonyl (C=O) groups excluding carboxylic acids is 1. The van der Waals surface area contributed by atoms with E-state index >= 15 is 0 Å². The van der Waals surface area contributed by atoms with Crippen molar-refractivity contribution in [1.82, 2.24) is 0 Å². The van der Waals surface area contributed by atoms with Gasteiger partial charge in [-0.1, -0.05) is 42.5 Å². The summed E-state index contributed by atoms with van der Waals surface area (Å²) in [5.41, 5.74) is 2.22. The van der Waals surface area contributed by atoms with Gasteiger partial charge in [0.2, 0.25) is 0 Å². The van der Waals surface area contributed by atoms with E-state index in [2.05, 4.69) is 0 Å². The molecule has 2 rings (SSSR count). The molecule has 2 aromatic carbocycles. The third-order valence-electron chi connectivity index (χ3n) is 3.73. The van der Waals surface area contributed by atoms with E-state index in [-0.39, 0.29) is 24.9 Å². The van der Waals surface area contributed by atoms with E-state index in [9.17, 15) is 9.90 Å². The van der Waals surface area contributed by atoms with Crippen LogP contribution < -0.4 is 0 Å². The number of carbonyl (C=O) groups is 1. The molecule has 4 heteroatoms. The molecule has 2 aromatic rings. The van der Waals surface area contributed by atoms with Crippen LogP contribution in [-0.2, 0) is 4.74 Å². The fourth-order valence-electron chi connectivity index (χ4n) is 2.67. The first-order chi connectivity index (χ1) is 11.2. The molecule has 0 radical (unpaired) electrons. The molecule has 0 aliphatic carbocycles. The fourth-order valence-corrected chi connectivity index (χ4v) is 2.67. The van der Waals surface area contributed by atoms with Crippen LogP contribution in [0.5, 0.6) is 0 Å². The van der Waals surface area contributed by atoms with Gasteiger partial charge in [0, 0.05) is 12.5 Å². The van der Waals surface area contributed by atoms with Gasteiger partial charge in [0.05, 0.1) is 18.3 Å². The minimum absolute atomic E-state index is 0.0952. The first-order valence-corrected chi connectivity index (χ1v) is 7.78. The topological polar surface area (TPSA) is 66.8 Å². The van der Waals surface area contributed by atoms with Gasteiger partial charge in [0.25, 0.3) is 0 Å². The maximum atomic E-state index is 11.9. The monoisotopic (exact) mass is 314 g/mol. The molecule has 0 unspecified atom stereocenters. The van der Waals surface area contributed by atoms with Crippen LogP contribution in [0.1, 0.15) is 40.7 Å². The number of rotatable bonds is 7. The Morgan fingerprint density at radius 3 is 2.43 bits per heavy atom. The zero-order valence-corrected chi connectivity index (χ0v) is 13.2. The summed E-state index contributed by atoms with van der Waals surface area (Å²) in [4.78, 5) is 11.9. The van der Waals surface area contributed by atoms with Crippen LogP contribution in [0, 0.1) is 0 Å². The highest BCUT2D eigenvalue weighted by atomic mass is 16.5. The number of esters is 1. The van der Waals surface area contributed by atoms with Crippen LogP contribution >= 0.6 is 0 Å². The van der Waals surface area contributed by atoms with E-state index in [1.165, 1.54) is 0 Å². The Balaban J connectivity index is 2.39. The Labute approximate surface area is 136 Å². The molecule has 0 heterocycles. The van der Waals surface area contributed by atoms with Gasteiger partial charge in [0.1, 0.15) is 0 Å². The molecule has 2 atom stereocenters. The lowest BCUT2D eigenvalue weighted by molar-refractivity contribution is 0.0525. The third-order valence-corrected chi connectivity index (χ3v) is 3.73. The SMILES string of the molecule is CCOC(=O)c1cccc([C@H](c2ccccc2)[C@@H](O)CCO)c1. The third kappa shape index (κ3) is 4.41. The largest absolute Gasteiger partial charge is 0.462 e. The fraction of sp³-hybridized carbons (Fsp3) is 0.316. The number of hydrogen-bond donors (Lipinski definition) is 2. The number of aliphatic hydroxyl groups is 2. The summed E-state index contributed by atoms with van der Waals surface area (Å²) in [5, 5.41) is 19.6. The normalized spacial score (nSPS) is 13.3.